The first-order valence-corrected chi connectivity index (χ1v) is 12.9. The molecule has 1 saturated carbocycles. The molecule has 0 saturated heterocycles. The minimum atomic E-state index is -2.52. The average Bonchev–Trinajstić information content (AvgIpc) is 3.40. The molecule has 1 N–H and O–H groups in total. The summed E-state index contributed by atoms with van der Waals surface area (Å²) in [7, 11) is 1.27. The highest BCUT2D eigenvalue weighted by Crippen LogP contribution is 2.57. The Balaban J connectivity index is 1.89. The molecule has 6 atom stereocenters. The number of rotatable bonds is 6. The predicted octanol–water partition coefficient (Wildman–Crippen LogP) is 3.19. The van der Waals surface area contributed by atoms with Gasteiger partial charge < -0.3 is 23.7 Å². The van der Waals surface area contributed by atoms with Crippen molar-refractivity contribution in [3.8, 4) is 0 Å². The van der Waals surface area contributed by atoms with Gasteiger partial charge in [-0.25, -0.2) is 4.79 Å². The maximum Gasteiger partial charge on any atom is 0.331 e. The van der Waals surface area contributed by atoms with Crippen LogP contribution in [0.25, 0.3) is 0 Å². The van der Waals surface area contributed by atoms with Crippen molar-refractivity contribution in [2.45, 2.75) is 71.7 Å². The van der Waals surface area contributed by atoms with Crippen LogP contribution in [0.15, 0.2) is 46.3 Å². The van der Waals surface area contributed by atoms with Crippen molar-refractivity contribution < 1.29 is 47.7 Å². The highest BCUT2D eigenvalue weighted by atomic mass is 16.6. The summed E-state index contributed by atoms with van der Waals surface area (Å²) < 4.78 is 21.3. The number of methoxy groups -OCH3 is 1. The van der Waals surface area contributed by atoms with E-state index in [2.05, 4.69) is 0 Å². The van der Waals surface area contributed by atoms with E-state index in [-0.39, 0.29) is 30.4 Å². The van der Waals surface area contributed by atoms with Crippen LogP contribution in [-0.4, -0.2) is 53.4 Å². The number of esters is 3. The first-order chi connectivity index (χ1) is 18.2. The van der Waals surface area contributed by atoms with Gasteiger partial charge in [0.1, 0.15) is 6.10 Å². The molecule has 10 nitrogen and oxygen atoms in total. The summed E-state index contributed by atoms with van der Waals surface area (Å²) in [5.74, 6) is -4.43. The Labute approximate surface area is 226 Å². The molecule has 0 aromatic carbocycles. The van der Waals surface area contributed by atoms with Crippen LogP contribution < -0.4 is 0 Å². The van der Waals surface area contributed by atoms with Crippen molar-refractivity contribution in [2.75, 3.05) is 7.11 Å². The zero-order valence-electron chi connectivity index (χ0n) is 22.9. The van der Waals surface area contributed by atoms with Gasteiger partial charge in [0.25, 0.3) is 0 Å². The second-order valence-corrected chi connectivity index (χ2v) is 11.5. The third-order valence-corrected chi connectivity index (χ3v) is 8.59. The summed E-state index contributed by atoms with van der Waals surface area (Å²) in [5.41, 5.74) is -3.91. The van der Waals surface area contributed by atoms with Gasteiger partial charge in [-0.3, -0.25) is 19.2 Å². The standard InChI is InChI=1S/C29H34O10/c1-15-19(11-22(32)36-6)27(3,4)13-18(24(15)34)26(38-16(2)30)29(35)20-12-23(33)39-25(17-8-10-37-14-17)28(20,5)9-7-21(29)31/h8,10,12-15,19,25-26,35H,7,9,11H2,1-6H3/t15-,19-,25+,26-,28-,29+/m1/s1. The summed E-state index contributed by atoms with van der Waals surface area (Å²) in [4.78, 5) is 64.7. The molecule has 0 bridgehead atoms. The van der Waals surface area contributed by atoms with Gasteiger partial charge >= 0.3 is 17.9 Å². The van der Waals surface area contributed by atoms with Crippen LogP contribution in [0.4, 0.5) is 0 Å². The lowest BCUT2D eigenvalue weighted by molar-refractivity contribution is -0.173. The summed E-state index contributed by atoms with van der Waals surface area (Å²) in [6.45, 7) is 8.15. The Morgan fingerprint density at radius 3 is 2.49 bits per heavy atom. The number of carbonyl (C=O) groups excluding carboxylic acids is 5. The van der Waals surface area contributed by atoms with E-state index >= 15 is 0 Å². The Bertz CT molecular complexity index is 1270. The van der Waals surface area contributed by atoms with Crippen molar-refractivity contribution in [1.82, 2.24) is 0 Å². The number of hydrogen-bond acceptors (Lipinski definition) is 10. The minimum Gasteiger partial charge on any atom is -0.472 e. The van der Waals surface area contributed by atoms with Crippen LogP contribution in [0.1, 0.15) is 65.5 Å². The molecule has 2 heterocycles. The molecule has 0 radical (unpaired) electrons. The third kappa shape index (κ3) is 4.64. The number of furan rings is 1. The third-order valence-electron chi connectivity index (χ3n) is 8.59. The van der Waals surface area contributed by atoms with Crippen molar-refractivity contribution >= 4 is 29.5 Å². The molecular weight excluding hydrogens is 508 g/mol. The number of hydrogen-bond donors (Lipinski definition) is 1. The monoisotopic (exact) mass is 542 g/mol. The highest BCUT2D eigenvalue weighted by Gasteiger charge is 2.63. The first kappa shape index (κ1) is 28.5. The summed E-state index contributed by atoms with van der Waals surface area (Å²) in [6.07, 6.45) is 2.93. The molecule has 210 valence electrons. The van der Waals surface area contributed by atoms with Crippen molar-refractivity contribution in [3.05, 3.63) is 47.5 Å². The van der Waals surface area contributed by atoms with E-state index < -0.39 is 69.9 Å². The maximum atomic E-state index is 13.8. The molecule has 2 aliphatic carbocycles. The first-order valence-electron chi connectivity index (χ1n) is 12.9. The summed E-state index contributed by atoms with van der Waals surface area (Å²) in [6, 6.07) is 1.63. The van der Waals surface area contributed by atoms with Crippen LogP contribution in [0.2, 0.25) is 0 Å². The van der Waals surface area contributed by atoms with Gasteiger partial charge in [0.05, 0.1) is 19.6 Å². The number of aliphatic hydroxyl groups is 1. The lowest BCUT2D eigenvalue weighted by Gasteiger charge is -2.52. The van der Waals surface area contributed by atoms with Gasteiger partial charge in [0, 0.05) is 48.3 Å². The SMILES string of the molecule is COC(=O)C[C@@H]1[C@@H](C)C(=O)C([C@@H](OC(C)=O)[C@@]2(O)C(=O)CC[C@]3(C)C2=CC(=O)O[C@H]3c2ccoc2)=CC1(C)C. The number of allylic oxidation sites excluding steroid dienone is 1. The number of fused-ring (bicyclic) bond motifs is 1. The molecule has 3 aliphatic rings. The molecular formula is C29H34O10. The second kappa shape index (κ2) is 9.89. The van der Waals surface area contributed by atoms with Crippen LogP contribution in [0.5, 0.6) is 0 Å². The van der Waals surface area contributed by atoms with Crippen LogP contribution in [0, 0.1) is 22.7 Å². The van der Waals surface area contributed by atoms with Crippen LogP contribution >= 0.6 is 0 Å². The van der Waals surface area contributed by atoms with Crippen molar-refractivity contribution in [3.63, 3.8) is 0 Å². The molecule has 0 spiro atoms. The summed E-state index contributed by atoms with van der Waals surface area (Å²) in [5, 5.41) is 12.3. The molecule has 10 heteroatoms. The lowest BCUT2D eigenvalue weighted by Crippen LogP contribution is -2.62. The van der Waals surface area contributed by atoms with Gasteiger partial charge in [-0.1, -0.05) is 33.8 Å². The fraction of sp³-hybridized carbons (Fsp3) is 0.552. The van der Waals surface area contributed by atoms with E-state index in [0.29, 0.717) is 5.56 Å². The van der Waals surface area contributed by atoms with E-state index in [1.807, 2.05) is 13.8 Å². The topological polar surface area (TPSA) is 146 Å². The van der Waals surface area contributed by atoms with E-state index in [1.54, 1.807) is 26.0 Å². The normalized spacial score (nSPS) is 32.8. The van der Waals surface area contributed by atoms with Gasteiger partial charge in [-0.2, -0.15) is 0 Å². The lowest BCUT2D eigenvalue weighted by atomic mass is 9.56. The highest BCUT2D eigenvalue weighted by molar-refractivity contribution is 6.04. The average molecular weight is 543 g/mol. The number of ketones is 2. The quantitative estimate of drug-likeness (QED) is 0.420. The van der Waals surface area contributed by atoms with Crippen molar-refractivity contribution in [1.29, 1.82) is 0 Å². The zero-order valence-corrected chi connectivity index (χ0v) is 22.9. The van der Waals surface area contributed by atoms with Gasteiger partial charge in [-0.15, -0.1) is 0 Å². The van der Waals surface area contributed by atoms with Gasteiger partial charge in [0.2, 0.25) is 0 Å². The van der Waals surface area contributed by atoms with Gasteiger partial charge in [0.15, 0.2) is 23.3 Å². The van der Waals surface area contributed by atoms with E-state index in [9.17, 15) is 29.1 Å². The fourth-order valence-electron chi connectivity index (χ4n) is 6.49. The smallest absolute Gasteiger partial charge is 0.331 e. The van der Waals surface area contributed by atoms with Crippen LogP contribution in [0.3, 0.4) is 0 Å². The van der Waals surface area contributed by atoms with E-state index in [0.717, 1.165) is 13.0 Å². The molecule has 1 aromatic heterocycles. The molecule has 1 aliphatic heterocycles. The Morgan fingerprint density at radius 1 is 1.21 bits per heavy atom. The molecule has 1 aromatic rings. The number of cyclic esters (lactones) is 1. The Kier molecular flexibility index (Phi) is 7.23. The predicted molar refractivity (Wildman–Crippen MR) is 135 cm³/mol. The molecule has 39 heavy (non-hydrogen) atoms. The number of ether oxygens (including phenoxy) is 3. The van der Waals surface area contributed by atoms with Gasteiger partial charge in [-0.05, 0) is 29.4 Å². The molecule has 1 fully saturated rings. The molecule has 0 unspecified atom stereocenters. The zero-order chi connectivity index (χ0) is 28.9. The van der Waals surface area contributed by atoms with Crippen molar-refractivity contribution in [2.24, 2.45) is 22.7 Å². The molecule has 0 amide bonds. The Morgan fingerprint density at radius 2 is 1.90 bits per heavy atom. The number of Topliss-reactive ketones (excluding diaryl/α,β-unsaturated/α-hetero) is 2. The van der Waals surface area contributed by atoms with Crippen LogP contribution in [-0.2, 0) is 38.2 Å². The molecule has 4 rings (SSSR count). The largest absolute Gasteiger partial charge is 0.472 e. The second-order valence-electron chi connectivity index (χ2n) is 11.5. The minimum absolute atomic E-state index is 0.00999. The fourth-order valence-corrected chi connectivity index (χ4v) is 6.49. The Hall–Kier alpha value is -3.53. The number of carbonyl (C=O) groups is 5. The van der Waals surface area contributed by atoms with E-state index in [4.69, 9.17) is 18.6 Å². The maximum absolute atomic E-state index is 13.8. The summed E-state index contributed by atoms with van der Waals surface area (Å²) >= 11 is 0. The van der Waals surface area contributed by atoms with E-state index in [1.165, 1.54) is 19.6 Å².